The van der Waals surface area contributed by atoms with Crippen molar-refractivity contribution < 1.29 is 14.3 Å². The van der Waals surface area contributed by atoms with Crippen LogP contribution in [0.3, 0.4) is 0 Å². The Hall–Kier alpha value is -2.82. The quantitative estimate of drug-likeness (QED) is 0.628. The fraction of sp³-hybridized carbons (Fsp3) is 0.263. The molecule has 24 heavy (non-hydrogen) atoms. The summed E-state index contributed by atoms with van der Waals surface area (Å²) in [6.45, 7) is 3.83. The molecular weight excluding hydrogens is 304 g/mol. The molecule has 1 N–H and O–H groups in total. The summed E-state index contributed by atoms with van der Waals surface area (Å²) in [5.41, 5.74) is 4.45. The van der Waals surface area contributed by atoms with Crippen LogP contribution in [0, 0.1) is 0 Å². The lowest BCUT2D eigenvalue weighted by molar-refractivity contribution is -0.141. The zero-order valence-electron chi connectivity index (χ0n) is 13.9. The van der Waals surface area contributed by atoms with Crippen LogP contribution in [-0.2, 0) is 14.3 Å². The van der Waals surface area contributed by atoms with E-state index in [-0.39, 0.29) is 18.4 Å². The van der Waals surface area contributed by atoms with E-state index >= 15 is 0 Å². The highest BCUT2D eigenvalue weighted by Crippen LogP contribution is 2.16. The Bertz CT molecular complexity index is 659. The lowest BCUT2D eigenvalue weighted by atomic mass is 10.0. The number of carbonyl (C=O) groups is 2. The van der Waals surface area contributed by atoms with Crippen molar-refractivity contribution in [3.63, 3.8) is 0 Å². The maximum absolute atomic E-state index is 12.6. The highest BCUT2D eigenvalue weighted by molar-refractivity contribution is 5.86. The number of carbonyl (C=O) groups excluding carboxylic acids is 2. The summed E-state index contributed by atoms with van der Waals surface area (Å²) in [6.07, 6.45) is 0. The average molecular weight is 326 g/mol. The number of nitrogens with one attached hydrogen (secondary N) is 1. The summed E-state index contributed by atoms with van der Waals surface area (Å²) in [6, 6.07) is 18.7. The molecule has 126 valence electrons. The monoisotopic (exact) mass is 326 g/mol. The van der Waals surface area contributed by atoms with Crippen LogP contribution in [0.4, 0.5) is 5.69 Å². The molecule has 0 spiro atoms. The van der Waals surface area contributed by atoms with E-state index in [2.05, 4.69) is 5.43 Å². The molecule has 1 unspecified atom stereocenters. The van der Waals surface area contributed by atoms with Crippen molar-refractivity contribution in [1.29, 1.82) is 0 Å². The molecule has 0 radical (unpaired) electrons. The third kappa shape index (κ3) is 4.84. The summed E-state index contributed by atoms with van der Waals surface area (Å²) in [4.78, 5) is 24.4. The van der Waals surface area contributed by atoms with Crippen molar-refractivity contribution in [2.24, 2.45) is 0 Å². The molecule has 0 bridgehead atoms. The first-order valence-electron chi connectivity index (χ1n) is 7.95. The molecule has 1 atom stereocenters. The molecule has 0 heterocycles. The number of esters is 1. The van der Waals surface area contributed by atoms with E-state index in [1.807, 2.05) is 67.6 Å². The Morgan fingerprint density at radius 1 is 1.04 bits per heavy atom. The molecule has 0 aliphatic carbocycles. The summed E-state index contributed by atoms with van der Waals surface area (Å²) in [7, 11) is 0. The minimum atomic E-state index is -0.394. The van der Waals surface area contributed by atoms with Gasteiger partial charge in [-0.25, -0.2) is 0 Å². The Morgan fingerprint density at radius 2 is 1.62 bits per heavy atom. The van der Waals surface area contributed by atoms with E-state index in [9.17, 15) is 9.59 Å². The van der Waals surface area contributed by atoms with E-state index in [1.54, 1.807) is 6.92 Å². The molecular formula is C19H22N2O3. The van der Waals surface area contributed by atoms with Gasteiger partial charge < -0.3 is 4.74 Å². The number of para-hydroxylation sites is 1. The molecule has 0 aliphatic rings. The molecule has 1 amide bonds. The number of benzene rings is 2. The topological polar surface area (TPSA) is 58.6 Å². The minimum Gasteiger partial charge on any atom is -0.465 e. The lowest BCUT2D eigenvalue weighted by Crippen LogP contribution is -2.47. The van der Waals surface area contributed by atoms with E-state index < -0.39 is 5.97 Å². The second kappa shape index (κ2) is 8.72. The van der Waals surface area contributed by atoms with Gasteiger partial charge in [-0.05, 0) is 31.5 Å². The molecule has 2 aromatic carbocycles. The van der Waals surface area contributed by atoms with Gasteiger partial charge in [-0.2, -0.15) is 0 Å². The van der Waals surface area contributed by atoms with Crippen LogP contribution >= 0.6 is 0 Å². The third-order valence-corrected chi connectivity index (χ3v) is 3.60. The number of ether oxygens (including phenoxy) is 1. The van der Waals surface area contributed by atoms with Crippen LogP contribution in [0.15, 0.2) is 60.7 Å². The molecule has 2 aromatic rings. The molecule has 0 aliphatic heterocycles. The Morgan fingerprint density at radius 3 is 2.21 bits per heavy atom. The van der Waals surface area contributed by atoms with Crippen LogP contribution in [0.25, 0.3) is 0 Å². The molecule has 0 saturated carbocycles. The van der Waals surface area contributed by atoms with Gasteiger partial charge in [0.1, 0.15) is 6.54 Å². The average Bonchev–Trinajstić information content (AvgIpc) is 2.62. The molecule has 0 aromatic heterocycles. The Balaban J connectivity index is 2.12. The number of hydrogen-bond donors (Lipinski definition) is 1. The Labute approximate surface area is 142 Å². The number of amides is 1. The van der Waals surface area contributed by atoms with Crippen molar-refractivity contribution >= 4 is 17.6 Å². The molecule has 0 fully saturated rings. The van der Waals surface area contributed by atoms with Gasteiger partial charge in [-0.3, -0.25) is 20.0 Å². The standard InChI is InChI=1S/C19H22N2O3/c1-3-24-18(22)14-21(17-12-8-5-9-13-17)20-19(23)15(2)16-10-6-4-7-11-16/h4-13,15H,3,14H2,1-2H3,(H,20,23). The number of rotatable bonds is 7. The maximum Gasteiger partial charge on any atom is 0.327 e. The van der Waals surface area contributed by atoms with Crippen molar-refractivity contribution in [3.05, 3.63) is 66.2 Å². The fourth-order valence-corrected chi connectivity index (χ4v) is 2.26. The second-order valence-corrected chi connectivity index (χ2v) is 5.34. The Kier molecular flexibility index (Phi) is 6.37. The summed E-state index contributed by atoms with van der Waals surface area (Å²) < 4.78 is 4.99. The van der Waals surface area contributed by atoms with Crippen LogP contribution in [0.1, 0.15) is 25.3 Å². The molecule has 0 saturated heterocycles. The molecule has 5 nitrogen and oxygen atoms in total. The van der Waals surface area contributed by atoms with Gasteiger partial charge in [-0.1, -0.05) is 48.5 Å². The molecule has 2 rings (SSSR count). The smallest absolute Gasteiger partial charge is 0.327 e. The third-order valence-electron chi connectivity index (χ3n) is 3.60. The van der Waals surface area contributed by atoms with Crippen molar-refractivity contribution in [3.8, 4) is 0 Å². The van der Waals surface area contributed by atoms with Gasteiger partial charge in [0.15, 0.2) is 0 Å². The lowest BCUT2D eigenvalue weighted by Gasteiger charge is -2.26. The fourth-order valence-electron chi connectivity index (χ4n) is 2.26. The predicted molar refractivity (Wildman–Crippen MR) is 93.4 cm³/mol. The first-order valence-corrected chi connectivity index (χ1v) is 7.95. The van der Waals surface area contributed by atoms with Crippen LogP contribution in [0.5, 0.6) is 0 Å². The maximum atomic E-state index is 12.6. The van der Waals surface area contributed by atoms with Crippen molar-refractivity contribution in [2.45, 2.75) is 19.8 Å². The summed E-state index contributed by atoms with van der Waals surface area (Å²) in [5.74, 6) is -0.914. The summed E-state index contributed by atoms with van der Waals surface area (Å²) in [5, 5.41) is 1.51. The normalized spacial score (nSPS) is 11.4. The van der Waals surface area contributed by atoms with E-state index in [0.29, 0.717) is 6.61 Å². The zero-order chi connectivity index (χ0) is 17.4. The van der Waals surface area contributed by atoms with Crippen LogP contribution in [-0.4, -0.2) is 25.0 Å². The van der Waals surface area contributed by atoms with E-state index in [0.717, 1.165) is 11.3 Å². The van der Waals surface area contributed by atoms with Crippen molar-refractivity contribution in [2.75, 3.05) is 18.2 Å². The van der Waals surface area contributed by atoms with Gasteiger partial charge >= 0.3 is 5.97 Å². The highest BCUT2D eigenvalue weighted by atomic mass is 16.5. The zero-order valence-corrected chi connectivity index (χ0v) is 13.9. The highest BCUT2D eigenvalue weighted by Gasteiger charge is 2.20. The van der Waals surface area contributed by atoms with Gasteiger partial charge in [0.2, 0.25) is 5.91 Å². The number of hydrazine groups is 1. The van der Waals surface area contributed by atoms with Crippen LogP contribution in [0.2, 0.25) is 0 Å². The minimum absolute atomic E-state index is 0.0505. The number of anilines is 1. The van der Waals surface area contributed by atoms with Gasteiger partial charge in [-0.15, -0.1) is 0 Å². The number of hydrogen-bond acceptors (Lipinski definition) is 4. The van der Waals surface area contributed by atoms with Crippen molar-refractivity contribution in [1.82, 2.24) is 5.43 Å². The largest absolute Gasteiger partial charge is 0.465 e. The first kappa shape index (κ1) is 17.5. The van der Waals surface area contributed by atoms with E-state index in [1.165, 1.54) is 5.01 Å². The van der Waals surface area contributed by atoms with Gasteiger partial charge in [0.25, 0.3) is 0 Å². The second-order valence-electron chi connectivity index (χ2n) is 5.34. The first-order chi connectivity index (χ1) is 11.6. The van der Waals surface area contributed by atoms with Gasteiger partial charge in [0, 0.05) is 0 Å². The van der Waals surface area contributed by atoms with E-state index in [4.69, 9.17) is 4.74 Å². The van der Waals surface area contributed by atoms with Gasteiger partial charge in [0.05, 0.1) is 18.2 Å². The predicted octanol–water partition coefficient (Wildman–Crippen LogP) is 2.89. The van der Waals surface area contributed by atoms with Crippen LogP contribution < -0.4 is 10.4 Å². The summed E-state index contributed by atoms with van der Waals surface area (Å²) >= 11 is 0. The SMILES string of the molecule is CCOC(=O)CN(NC(=O)C(C)c1ccccc1)c1ccccc1. The molecule has 5 heteroatoms. The number of nitrogens with zero attached hydrogens (tertiary/aromatic N) is 1.